The van der Waals surface area contributed by atoms with Crippen LogP contribution >= 0.6 is 0 Å². The van der Waals surface area contributed by atoms with E-state index in [4.69, 9.17) is 14.2 Å². The monoisotopic (exact) mass is 965 g/mol. The van der Waals surface area contributed by atoms with Gasteiger partial charge in [0, 0.05) is 19.4 Å². The minimum atomic E-state index is -0.589. The highest BCUT2D eigenvalue weighted by Gasteiger charge is 2.17. The number of ether oxygens (including phenoxy) is 3. The fourth-order valence-electron chi connectivity index (χ4n) is 7.18. The highest BCUT2D eigenvalue weighted by molar-refractivity contribution is 5.70. The average molecular weight is 966 g/mol. The molecule has 0 aliphatic carbocycles. The van der Waals surface area contributed by atoms with Gasteiger partial charge >= 0.3 is 11.9 Å². The lowest BCUT2D eigenvalue weighted by molar-refractivity contribution is -0.163. The predicted molar refractivity (Wildman–Crippen MR) is 306 cm³/mol. The van der Waals surface area contributed by atoms with Crippen molar-refractivity contribution in [3.63, 3.8) is 0 Å². The Balaban J connectivity index is 4.44. The highest BCUT2D eigenvalue weighted by Crippen LogP contribution is 2.12. The summed E-state index contributed by atoms with van der Waals surface area (Å²) in [4.78, 5) is 25.5. The van der Waals surface area contributed by atoms with Crippen LogP contribution in [0.15, 0.2) is 146 Å². The number of allylic oxidation sites excluding steroid dienone is 24. The second kappa shape index (κ2) is 59.1. The molecule has 0 radical (unpaired) electrons. The Bertz CT molecular complexity index is 1510. The average Bonchev–Trinajstić information content (AvgIpc) is 3.36. The maximum atomic E-state index is 12.8. The summed E-state index contributed by atoms with van der Waals surface area (Å²) < 4.78 is 17.4. The molecule has 0 aromatic heterocycles. The molecule has 0 saturated heterocycles. The number of hydrogen-bond acceptors (Lipinski definition) is 5. The first-order chi connectivity index (χ1) is 34.6. The van der Waals surface area contributed by atoms with Crippen molar-refractivity contribution in [2.24, 2.45) is 0 Å². The van der Waals surface area contributed by atoms with E-state index in [1.54, 1.807) is 0 Å². The molecule has 0 bridgehead atoms. The highest BCUT2D eigenvalue weighted by atomic mass is 16.6. The third kappa shape index (κ3) is 56.4. The van der Waals surface area contributed by atoms with E-state index in [1.165, 1.54) is 44.9 Å². The largest absolute Gasteiger partial charge is 0.462 e. The SMILES string of the molecule is CC/C=C\C/C=C\C/C=C\C/C=C\C/C=C\CCCCCCOCC(COC(=O)CCCCCCCC/C=C\C/C=C\C/C=C\CCCCC)OC(=O)CCCC/C=C\C/C=C\C/C=C\C/C=C\CC. The van der Waals surface area contributed by atoms with E-state index >= 15 is 0 Å². The normalized spacial score (nSPS) is 13.4. The summed E-state index contributed by atoms with van der Waals surface area (Å²) in [6.07, 6.45) is 85.8. The van der Waals surface area contributed by atoms with E-state index in [9.17, 15) is 9.59 Å². The number of unbranched alkanes of at least 4 members (excludes halogenated alkanes) is 15. The van der Waals surface area contributed by atoms with Crippen LogP contribution in [0.25, 0.3) is 0 Å². The van der Waals surface area contributed by atoms with Crippen molar-refractivity contribution in [1.82, 2.24) is 0 Å². The van der Waals surface area contributed by atoms with Gasteiger partial charge in [0.15, 0.2) is 6.10 Å². The zero-order valence-corrected chi connectivity index (χ0v) is 45.2. The maximum absolute atomic E-state index is 12.8. The van der Waals surface area contributed by atoms with Gasteiger partial charge in [-0.1, -0.05) is 218 Å². The molecule has 0 amide bonds. The zero-order valence-electron chi connectivity index (χ0n) is 45.2. The van der Waals surface area contributed by atoms with Crippen LogP contribution in [0.4, 0.5) is 0 Å². The molecule has 5 heteroatoms. The summed E-state index contributed by atoms with van der Waals surface area (Å²) in [5.41, 5.74) is 0. The number of carbonyl (C=O) groups excluding carboxylic acids is 2. The van der Waals surface area contributed by atoms with Gasteiger partial charge in [-0.2, -0.15) is 0 Å². The van der Waals surface area contributed by atoms with Crippen LogP contribution < -0.4 is 0 Å². The molecule has 0 aliphatic heterocycles. The van der Waals surface area contributed by atoms with E-state index in [0.717, 1.165) is 148 Å². The lowest BCUT2D eigenvalue weighted by Gasteiger charge is -2.18. The molecule has 0 rings (SSSR count). The molecule has 0 N–H and O–H groups in total. The summed E-state index contributed by atoms with van der Waals surface area (Å²) in [7, 11) is 0. The smallest absolute Gasteiger partial charge is 0.306 e. The molecule has 70 heavy (non-hydrogen) atoms. The number of esters is 2. The topological polar surface area (TPSA) is 61.8 Å². The number of carbonyl (C=O) groups is 2. The second-order valence-electron chi connectivity index (χ2n) is 18.1. The molecule has 0 heterocycles. The molecule has 0 aliphatic rings. The maximum Gasteiger partial charge on any atom is 0.306 e. The Morgan fingerprint density at radius 3 is 1.06 bits per heavy atom. The molecule has 0 fully saturated rings. The van der Waals surface area contributed by atoms with E-state index in [-0.39, 0.29) is 25.2 Å². The number of hydrogen-bond donors (Lipinski definition) is 0. The molecule has 1 atom stereocenters. The van der Waals surface area contributed by atoms with Gasteiger partial charge in [-0.25, -0.2) is 0 Å². The van der Waals surface area contributed by atoms with Crippen molar-refractivity contribution < 1.29 is 23.8 Å². The Hall–Kier alpha value is -4.22. The summed E-state index contributed by atoms with van der Waals surface area (Å²) >= 11 is 0. The van der Waals surface area contributed by atoms with Crippen molar-refractivity contribution in [2.45, 2.75) is 232 Å². The van der Waals surface area contributed by atoms with Crippen LogP contribution in [0.3, 0.4) is 0 Å². The van der Waals surface area contributed by atoms with Crippen molar-refractivity contribution in [2.75, 3.05) is 19.8 Å². The van der Waals surface area contributed by atoms with Gasteiger partial charge in [0.1, 0.15) is 6.61 Å². The Morgan fingerprint density at radius 2 is 0.643 bits per heavy atom. The molecule has 0 aromatic carbocycles. The van der Waals surface area contributed by atoms with E-state index in [1.807, 2.05) is 0 Å². The second-order valence-corrected chi connectivity index (χ2v) is 18.1. The first-order valence-electron chi connectivity index (χ1n) is 28.4. The van der Waals surface area contributed by atoms with Crippen LogP contribution in [-0.4, -0.2) is 37.9 Å². The molecular formula is C65H104O5. The zero-order chi connectivity index (χ0) is 50.6. The standard InChI is InChI=1S/C65H104O5/c1-4-7-10-13-16-19-22-25-28-30-32-34-36-39-42-45-48-51-54-57-60-68-61-63(70-65(67)59-56-53-50-47-44-41-37-27-24-21-18-15-12-9-6-3)62-69-64(66)58-55-52-49-46-43-40-38-35-33-31-29-26-23-20-17-14-11-8-5-2/h7,9-10,12,16-21,25-29,32-35,37,39,42,44,47,63H,4-6,8,11,13-15,22-24,30-31,36,38,40-41,43,45-46,48-62H2,1-3H3/b10-7-,12-9-,19-16-,20-17-,21-18-,28-25-,29-26-,34-32-,35-33-,37-27-,42-39-,47-44-. The van der Waals surface area contributed by atoms with Crippen LogP contribution in [0, 0.1) is 0 Å². The number of rotatable bonds is 50. The van der Waals surface area contributed by atoms with Gasteiger partial charge in [0.25, 0.3) is 0 Å². The Labute approximate surface area is 431 Å². The van der Waals surface area contributed by atoms with Crippen molar-refractivity contribution in [3.8, 4) is 0 Å². The fourth-order valence-corrected chi connectivity index (χ4v) is 7.18. The third-order valence-corrected chi connectivity index (χ3v) is 11.3. The van der Waals surface area contributed by atoms with E-state index in [2.05, 4.69) is 167 Å². The van der Waals surface area contributed by atoms with E-state index < -0.39 is 6.10 Å². The molecule has 394 valence electrons. The van der Waals surface area contributed by atoms with Crippen LogP contribution in [0.2, 0.25) is 0 Å². The lowest BCUT2D eigenvalue weighted by atomic mass is 10.1. The van der Waals surface area contributed by atoms with Crippen LogP contribution in [0.5, 0.6) is 0 Å². The van der Waals surface area contributed by atoms with Gasteiger partial charge in [-0.3, -0.25) is 9.59 Å². The van der Waals surface area contributed by atoms with Crippen molar-refractivity contribution >= 4 is 11.9 Å². The minimum Gasteiger partial charge on any atom is -0.462 e. The van der Waals surface area contributed by atoms with Gasteiger partial charge in [-0.15, -0.1) is 0 Å². The Kier molecular flexibility index (Phi) is 55.5. The molecule has 1 unspecified atom stereocenters. The predicted octanol–water partition coefficient (Wildman–Crippen LogP) is 19.7. The van der Waals surface area contributed by atoms with Crippen molar-refractivity contribution in [3.05, 3.63) is 146 Å². The Morgan fingerprint density at radius 1 is 0.329 bits per heavy atom. The molecule has 0 aromatic rings. The van der Waals surface area contributed by atoms with Gasteiger partial charge in [0.2, 0.25) is 0 Å². The summed E-state index contributed by atoms with van der Waals surface area (Å²) in [6, 6.07) is 0. The van der Waals surface area contributed by atoms with Gasteiger partial charge in [0.05, 0.1) is 6.61 Å². The molecule has 0 saturated carbocycles. The molecular weight excluding hydrogens is 861 g/mol. The van der Waals surface area contributed by atoms with Gasteiger partial charge < -0.3 is 14.2 Å². The first-order valence-corrected chi connectivity index (χ1v) is 28.4. The summed E-state index contributed by atoms with van der Waals surface area (Å²) in [5.74, 6) is -0.484. The van der Waals surface area contributed by atoms with E-state index in [0.29, 0.717) is 19.4 Å². The molecule has 5 nitrogen and oxygen atoms in total. The first kappa shape index (κ1) is 65.8. The van der Waals surface area contributed by atoms with Crippen molar-refractivity contribution in [1.29, 1.82) is 0 Å². The summed E-state index contributed by atoms with van der Waals surface area (Å²) in [6.45, 7) is 7.44. The quantitative estimate of drug-likeness (QED) is 0.0345. The third-order valence-electron chi connectivity index (χ3n) is 11.3. The fraction of sp³-hybridized carbons (Fsp3) is 0.600. The van der Waals surface area contributed by atoms with Crippen LogP contribution in [-0.2, 0) is 23.8 Å². The molecule has 0 spiro atoms. The minimum absolute atomic E-state index is 0.0409. The van der Waals surface area contributed by atoms with Crippen LogP contribution in [0.1, 0.15) is 226 Å². The lowest BCUT2D eigenvalue weighted by Crippen LogP contribution is -2.30. The summed E-state index contributed by atoms with van der Waals surface area (Å²) in [5, 5.41) is 0. The van der Waals surface area contributed by atoms with Gasteiger partial charge in [-0.05, 0) is 141 Å².